The molecule has 3 aromatic rings. The maximum absolute atomic E-state index is 12.2. The Labute approximate surface area is 156 Å². The van der Waals surface area contributed by atoms with Gasteiger partial charge in [0.2, 0.25) is 11.8 Å². The van der Waals surface area contributed by atoms with Crippen LogP contribution in [-0.4, -0.2) is 28.7 Å². The molecule has 0 aliphatic carbocycles. The first-order valence-electron chi connectivity index (χ1n) is 7.85. The summed E-state index contributed by atoms with van der Waals surface area (Å²) < 4.78 is 42.1. The quantitative estimate of drug-likeness (QED) is 0.644. The number of hydrogen-bond acceptors (Lipinski definition) is 5. The molecule has 9 heteroatoms. The second-order valence-corrected chi connectivity index (χ2v) is 6.54. The first-order chi connectivity index (χ1) is 12.9. The van der Waals surface area contributed by atoms with Crippen molar-refractivity contribution in [2.24, 2.45) is 0 Å². The van der Waals surface area contributed by atoms with Crippen LogP contribution in [0.4, 0.5) is 13.2 Å². The highest BCUT2D eigenvalue weighted by Crippen LogP contribution is 2.22. The fourth-order valence-corrected chi connectivity index (χ4v) is 3.02. The van der Waals surface area contributed by atoms with E-state index in [1.165, 1.54) is 29.7 Å². The normalized spacial score (nSPS) is 11.8. The second kappa shape index (κ2) is 8.17. The van der Waals surface area contributed by atoms with E-state index in [9.17, 15) is 18.0 Å². The molecule has 0 radical (unpaired) electrons. The predicted molar refractivity (Wildman–Crippen MR) is 96.3 cm³/mol. The fraction of sp³-hybridized carbons (Fsp3) is 0.167. The summed E-state index contributed by atoms with van der Waals surface area (Å²) in [7, 11) is 0. The van der Waals surface area contributed by atoms with Crippen molar-refractivity contribution >= 4 is 33.5 Å². The van der Waals surface area contributed by atoms with Crippen LogP contribution >= 0.6 is 11.3 Å². The van der Waals surface area contributed by atoms with Crippen molar-refractivity contribution in [2.75, 3.05) is 6.61 Å². The van der Waals surface area contributed by atoms with E-state index in [0.717, 1.165) is 10.2 Å². The number of nitrogens with one attached hydrogen (secondary N) is 1. The molecule has 0 aliphatic rings. The van der Waals surface area contributed by atoms with Gasteiger partial charge in [0, 0.05) is 24.9 Å². The molecular weight excluding hydrogens is 379 g/mol. The van der Waals surface area contributed by atoms with Gasteiger partial charge in [-0.3, -0.25) is 4.79 Å². The largest absolute Gasteiger partial charge is 0.468 e. The number of thiazole rings is 1. The minimum Gasteiger partial charge on any atom is -0.468 e. The number of para-hydroxylation sites is 1. The van der Waals surface area contributed by atoms with Crippen molar-refractivity contribution < 1.29 is 22.7 Å². The average molecular weight is 393 g/mol. The molecule has 0 atom stereocenters. The summed E-state index contributed by atoms with van der Waals surface area (Å²) >= 11 is 1.47. The number of carbonyl (C=O) groups is 1. The number of aromatic nitrogens is 2. The van der Waals surface area contributed by atoms with E-state index in [1.807, 2.05) is 24.3 Å². The first-order valence-corrected chi connectivity index (χ1v) is 8.67. The van der Waals surface area contributed by atoms with Gasteiger partial charge in [-0.15, -0.1) is 11.3 Å². The van der Waals surface area contributed by atoms with Gasteiger partial charge in [-0.2, -0.15) is 13.2 Å². The molecule has 2 heterocycles. The Morgan fingerprint density at radius 1 is 1.26 bits per heavy atom. The van der Waals surface area contributed by atoms with Crippen LogP contribution in [0.25, 0.3) is 16.3 Å². The molecule has 0 aliphatic heterocycles. The Hall–Kier alpha value is -2.94. The van der Waals surface area contributed by atoms with Gasteiger partial charge in [0.1, 0.15) is 5.01 Å². The monoisotopic (exact) mass is 393 g/mol. The third kappa shape index (κ3) is 5.78. The number of carbonyl (C=O) groups excluding carboxylic acids is 1. The van der Waals surface area contributed by atoms with Gasteiger partial charge in [-0.25, -0.2) is 9.97 Å². The van der Waals surface area contributed by atoms with Gasteiger partial charge in [-0.05, 0) is 29.8 Å². The zero-order chi connectivity index (χ0) is 19.3. The highest BCUT2D eigenvalue weighted by atomic mass is 32.1. The van der Waals surface area contributed by atoms with E-state index in [1.54, 1.807) is 12.1 Å². The van der Waals surface area contributed by atoms with Gasteiger partial charge in [0.15, 0.2) is 6.61 Å². The van der Waals surface area contributed by atoms with E-state index < -0.39 is 12.8 Å². The summed E-state index contributed by atoms with van der Waals surface area (Å²) in [5.74, 6) is -0.493. The van der Waals surface area contributed by atoms with Gasteiger partial charge < -0.3 is 10.1 Å². The van der Waals surface area contributed by atoms with E-state index in [0.29, 0.717) is 10.6 Å². The molecule has 0 saturated carbocycles. The predicted octanol–water partition coefficient (Wildman–Crippen LogP) is 3.96. The minimum atomic E-state index is -4.43. The number of rotatable bonds is 6. The van der Waals surface area contributed by atoms with Gasteiger partial charge >= 0.3 is 6.18 Å². The van der Waals surface area contributed by atoms with Crippen molar-refractivity contribution in [1.82, 2.24) is 15.3 Å². The Bertz CT molecular complexity index is 937. The van der Waals surface area contributed by atoms with Crippen molar-refractivity contribution in [3.8, 4) is 5.88 Å². The third-order valence-corrected chi connectivity index (χ3v) is 4.34. The van der Waals surface area contributed by atoms with E-state index in [4.69, 9.17) is 0 Å². The number of amides is 1. The maximum atomic E-state index is 12.2. The Balaban J connectivity index is 1.54. The Kier molecular flexibility index (Phi) is 5.70. The molecule has 0 saturated heterocycles. The van der Waals surface area contributed by atoms with Crippen LogP contribution in [0, 0.1) is 0 Å². The molecule has 0 spiro atoms. The van der Waals surface area contributed by atoms with Gasteiger partial charge in [-0.1, -0.05) is 12.1 Å². The van der Waals surface area contributed by atoms with Crippen LogP contribution in [0.5, 0.6) is 5.88 Å². The van der Waals surface area contributed by atoms with E-state index in [-0.39, 0.29) is 18.3 Å². The number of pyridine rings is 1. The van der Waals surface area contributed by atoms with Crippen LogP contribution in [0.2, 0.25) is 0 Å². The third-order valence-electron chi connectivity index (χ3n) is 3.34. The summed E-state index contributed by atoms with van der Waals surface area (Å²) in [5, 5.41) is 3.35. The molecule has 140 valence electrons. The zero-order valence-corrected chi connectivity index (χ0v) is 14.7. The highest BCUT2D eigenvalue weighted by Gasteiger charge is 2.28. The molecule has 3 rings (SSSR count). The second-order valence-electron chi connectivity index (χ2n) is 5.48. The molecule has 1 aromatic carbocycles. The van der Waals surface area contributed by atoms with Gasteiger partial charge in [0.05, 0.1) is 10.2 Å². The fourth-order valence-electron chi connectivity index (χ4n) is 2.15. The molecule has 0 fully saturated rings. The molecule has 0 bridgehead atoms. The Morgan fingerprint density at radius 3 is 2.85 bits per heavy atom. The van der Waals surface area contributed by atoms with E-state index >= 15 is 0 Å². The van der Waals surface area contributed by atoms with Crippen molar-refractivity contribution in [2.45, 2.75) is 12.7 Å². The average Bonchev–Trinajstić information content (AvgIpc) is 3.06. The molecule has 1 N–H and O–H groups in total. The van der Waals surface area contributed by atoms with Crippen molar-refractivity contribution in [3.05, 3.63) is 59.2 Å². The highest BCUT2D eigenvalue weighted by molar-refractivity contribution is 7.19. The van der Waals surface area contributed by atoms with Crippen LogP contribution < -0.4 is 10.1 Å². The van der Waals surface area contributed by atoms with Crippen LogP contribution in [0.1, 0.15) is 10.6 Å². The molecular formula is C18H14F3N3O2S. The molecule has 27 heavy (non-hydrogen) atoms. The number of benzene rings is 1. The standard InChI is InChI=1S/C18H14F3N3O2S/c19-18(20,21)11-26-16-9-12(7-8-22-16)10-23-15(25)5-6-17-24-13-3-1-2-4-14(13)27-17/h1-9H,10-11H2,(H,23,25)/b6-5+. The summed E-state index contributed by atoms with van der Waals surface area (Å²) in [6, 6.07) is 10.6. The number of fused-ring (bicyclic) bond motifs is 1. The number of hydrogen-bond donors (Lipinski definition) is 1. The van der Waals surface area contributed by atoms with Crippen molar-refractivity contribution in [3.63, 3.8) is 0 Å². The van der Waals surface area contributed by atoms with Crippen molar-refractivity contribution in [1.29, 1.82) is 0 Å². The maximum Gasteiger partial charge on any atom is 0.422 e. The molecule has 5 nitrogen and oxygen atoms in total. The Morgan fingerprint density at radius 2 is 2.07 bits per heavy atom. The van der Waals surface area contributed by atoms with Gasteiger partial charge in [0.25, 0.3) is 0 Å². The SMILES string of the molecule is O=C(/C=C/c1nc2ccccc2s1)NCc1ccnc(OCC(F)(F)F)c1. The number of ether oxygens (including phenoxy) is 1. The summed E-state index contributed by atoms with van der Waals surface area (Å²) in [5.41, 5.74) is 1.44. The summed E-state index contributed by atoms with van der Waals surface area (Å²) in [6.45, 7) is -1.28. The summed E-state index contributed by atoms with van der Waals surface area (Å²) in [4.78, 5) is 20.0. The number of halogens is 3. The zero-order valence-electron chi connectivity index (χ0n) is 13.9. The lowest BCUT2D eigenvalue weighted by Gasteiger charge is -2.09. The smallest absolute Gasteiger partial charge is 0.422 e. The number of alkyl halides is 3. The molecule has 1 amide bonds. The van der Waals surface area contributed by atoms with Crippen LogP contribution in [-0.2, 0) is 11.3 Å². The number of nitrogens with zero attached hydrogens (tertiary/aromatic N) is 2. The molecule has 2 aromatic heterocycles. The van der Waals surface area contributed by atoms with Crippen LogP contribution in [0.3, 0.4) is 0 Å². The lowest BCUT2D eigenvalue weighted by molar-refractivity contribution is -0.154. The minimum absolute atomic E-state index is 0.133. The van der Waals surface area contributed by atoms with Crippen LogP contribution in [0.15, 0.2) is 48.7 Å². The lowest BCUT2D eigenvalue weighted by Crippen LogP contribution is -2.21. The van der Waals surface area contributed by atoms with E-state index in [2.05, 4.69) is 20.0 Å². The topological polar surface area (TPSA) is 64.1 Å². The summed E-state index contributed by atoms with van der Waals surface area (Å²) in [6.07, 6.45) is -0.133. The molecule has 0 unspecified atom stereocenters. The lowest BCUT2D eigenvalue weighted by atomic mass is 10.2. The first kappa shape index (κ1) is 18.8.